The monoisotopic (exact) mass is 338 g/mol. The molecule has 128 valence electrons. The summed E-state index contributed by atoms with van der Waals surface area (Å²) < 4.78 is 19.6. The first kappa shape index (κ1) is 17.0. The van der Waals surface area contributed by atoms with E-state index in [1.54, 1.807) is 31.2 Å². The Morgan fingerprint density at radius 2 is 1.84 bits per heavy atom. The Labute approximate surface area is 145 Å². The molecule has 1 aromatic heterocycles. The minimum Gasteiger partial charge on any atom is -0.372 e. The summed E-state index contributed by atoms with van der Waals surface area (Å²) in [5.74, 6) is -0.699. The van der Waals surface area contributed by atoms with Crippen LogP contribution in [0.2, 0.25) is 0 Å². The molecule has 0 aliphatic heterocycles. The molecule has 0 aliphatic rings. The van der Waals surface area contributed by atoms with Gasteiger partial charge in [-0.2, -0.15) is 0 Å². The maximum atomic E-state index is 14.1. The SMILES string of the molecule is COC(C)(CNC(=O)c1ccc2ccccc2n1)c1ccccc1F. The third-order valence-corrected chi connectivity index (χ3v) is 4.31. The molecule has 1 atom stereocenters. The van der Waals surface area contributed by atoms with Gasteiger partial charge in [0.2, 0.25) is 0 Å². The molecule has 25 heavy (non-hydrogen) atoms. The smallest absolute Gasteiger partial charge is 0.270 e. The van der Waals surface area contributed by atoms with Crippen molar-refractivity contribution in [1.82, 2.24) is 10.3 Å². The first-order valence-electron chi connectivity index (χ1n) is 7.98. The van der Waals surface area contributed by atoms with Crippen LogP contribution in [0.25, 0.3) is 10.9 Å². The van der Waals surface area contributed by atoms with Gasteiger partial charge in [0.05, 0.1) is 12.1 Å². The second-order valence-electron chi connectivity index (χ2n) is 5.99. The van der Waals surface area contributed by atoms with Gasteiger partial charge in [-0.1, -0.05) is 42.5 Å². The van der Waals surface area contributed by atoms with E-state index in [-0.39, 0.29) is 18.3 Å². The lowest BCUT2D eigenvalue weighted by molar-refractivity contribution is 0.000352. The number of benzene rings is 2. The standard InChI is InChI=1S/C20H19FN2O2/c1-20(25-2,15-8-4-5-9-16(15)21)13-22-19(24)18-12-11-14-7-3-6-10-17(14)23-18/h3-12H,13H2,1-2H3,(H,22,24). The Morgan fingerprint density at radius 3 is 2.60 bits per heavy atom. The van der Waals surface area contributed by atoms with Gasteiger partial charge in [-0.25, -0.2) is 9.37 Å². The topological polar surface area (TPSA) is 51.2 Å². The maximum Gasteiger partial charge on any atom is 0.270 e. The molecule has 1 amide bonds. The lowest BCUT2D eigenvalue weighted by atomic mass is 9.95. The molecule has 0 fully saturated rings. The first-order chi connectivity index (χ1) is 12.0. The molecule has 1 unspecified atom stereocenters. The second-order valence-corrected chi connectivity index (χ2v) is 5.99. The molecule has 1 N–H and O–H groups in total. The minimum atomic E-state index is -0.974. The number of fused-ring (bicyclic) bond motifs is 1. The molecule has 0 spiro atoms. The van der Waals surface area contributed by atoms with Gasteiger partial charge in [0.25, 0.3) is 5.91 Å². The number of methoxy groups -OCH3 is 1. The Balaban J connectivity index is 1.78. The Kier molecular flexibility index (Phi) is 4.76. The molecule has 1 heterocycles. The number of carbonyl (C=O) groups excluding carboxylic acids is 1. The van der Waals surface area contributed by atoms with Crippen molar-refractivity contribution in [2.75, 3.05) is 13.7 Å². The van der Waals surface area contributed by atoms with Crippen LogP contribution >= 0.6 is 0 Å². The van der Waals surface area contributed by atoms with E-state index in [0.29, 0.717) is 11.3 Å². The van der Waals surface area contributed by atoms with Crippen molar-refractivity contribution in [3.8, 4) is 0 Å². The van der Waals surface area contributed by atoms with Crippen LogP contribution in [0.1, 0.15) is 23.0 Å². The van der Waals surface area contributed by atoms with E-state index < -0.39 is 5.60 Å². The van der Waals surface area contributed by atoms with Crippen LogP contribution < -0.4 is 5.32 Å². The molecule has 0 radical (unpaired) electrons. The zero-order chi connectivity index (χ0) is 17.9. The van der Waals surface area contributed by atoms with Gasteiger partial charge in [-0.15, -0.1) is 0 Å². The lowest BCUT2D eigenvalue weighted by Crippen LogP contribution is -2.40. The van der Waals surface area contributed by atoms with Gasteiger partial charge in [0.15, 0.2) is 0 Å². The highest BCUT2D eigenvalue weighted by molar-refractivity contribution is 5.94. The third kappa shape index (κ3) is 3.51. The summed E-state index contributed by atoms with van der Waals surface area (Å²) in [5, 5.41) is 3.75. The molecule has 3 aromatic rings. The Bertz CT molecular complexity index is 913. The van der Waals surface area contributed by atoms with Crippen LogP contribution in [-0.4, -0.2) is 24.5 Å². The fraction of sp³-hybridized carbons (Fsp3) is 0.200. The summed E-state index contributed by atoms with van der Waals surface area (Å²) in [6.07, 6.45) is 0. The van der Waals surface area contributed by atoms with Gasteiger partial charge < -0.3 is 10.1 Å². The van der Waals surface area contributed by atoms with Crippen LogP contribution in [0.15, 0.2) is 60.7 Å². The molecule has 0 saturated carbocycles. The number of nitrogens with zero attached hydrogens (tertiary/aromatic N) is 1. The van der Waals surface area contributed by atoms with Gasteiger partial charge in [0.1, 0.15) is 17.1 Å². The third-order valence-electron chi connectivity index (χ3n) is 4.31. The van der Waals surface area contributed by atoms with Crippen LogP contribution in [-0.2, 0) is 10.3 Å². The highest BCUT2D eigenvalue weighted by Crippen LogP contribution is 2.26. The number of para-hydroxylation sites is 1. The maximum absolute atomic E-state index is 14.1. The molecular formula is C20H19FN2O2. The van der Waals surface area contributed by atoms with E-state index >= 15 is 0 Å². The number of ether oxygens (including phenoxy) is 1. The Morgan fingerprint density at radius 1 is 1.12 bits per heavy atom. The van der Waals surface area contributed by atoms with Crippen molar-refractivity contribution in [3.63, 3.8) is 0 Å². The van der Waals surface area contributed by atoms with Crippen molar-refractivity contribution < 1.29 is 13.9 Å². The molecule has 0 saturated heterocycles. The predicted octanol–water partition coefficient (Wildman–Crippen LogP) is 3.67. The average Bonchev–Trinajstić information content (AvgIpc) is 2.65. The fourth-order valence-electron chi connectivity index (χ4n) is 2.70. The summed E-state index contributed by atoms with van der Waals surface area (Å²) in [4.78, 5) is 16.8. The summed E-state index contributed by atoms with van der Waals surface area (Å²) >= 11 is 0. The number of hydrogen-bond donors (Lipinski definition) is 1. The number of pyridine rings is 1. The number of amides is 1. The van der Waals surface area contributed by atoms with Crippen LogP contribution in [0.3, 0.4) is 0 Å². The van der Waals surface area contributed by atoms with Gasteiger partial charge in [-0.05, 0) is 25.1 Å². The van der Waals surface area contributed by atoms with Crippen molar-refractivity contribution >= 4 is 16.8 Å². The normalized spacial score (nSPS) is 13.4. The van der Waals surface area contributed by atoms with E-state index in [4.69, 9.17) is 4.74 Å². The predicted molar refractivity (Wildman–Crippen MR) is 94.8 cm³/mol. The zero-order valence-corrected chi connectivity index (χ0v) is 14.1. The summed E-state index contributed by atoms with van der Waals surface area (Å²) in [5.41, 5.74) is 0.478. The van der Waals surface area contributed by atoms with Crippen LogP contribution in [0, 0.1) is 5.82 Å². The van der Waals surface area contributed by atoms with Crippen LogP contribution in [0.5, 0.6) is 0 Å². The lowest BCUT2D eigenvalue weighted by Gasteiger charge is -2.29. The molecule has 4 nitrogen and oxygen atoms in total. The van der Waals surface area contributed by atoms with Crippen LogP contribution in [0.4, 0.5) is 4.39 Å². The van der Waals surface area contributed by atoms with E-state index in [9.17, 15) is 9.18 Å². The quantitative estimate of drug-likeness (QED) is 0.772. The number of nitrogens with one attached hydrogen (secondary N) is 1. The highest BCUT2D eigenvalue weighted by Gasteiger charge is 2.30. The zero-order valence-electron chi connectivity index (χ0n) is 14.1. The average molecular weight is 338 g/mol. The van der Waals surface area contributed by atoms with Gasteiger partial charge >= 0.3 is 0 Å². The first-order valence-corrected chi connectivity index (χ1v) is 7.98. The minimum absolute atomic E-state index is 0.123. The van der Waals surface area contributed by atoms with Crippen molar-refractivity contribution in [1.29, 1.82) is 0 Å². The van der Waals surface area contributed by atoms with Crippen molar-refractivity contribution in [2.24, 2.45) is 0 Å². The number of halogens is 1. The molecule has 5 heteroatoms. The molecular weight excluding hydrogens is 319 g/mol. The summed E-state index contributed by atoms with van der Waals surface area (Å²) in [6, 6.07) is 17.5. The van der Waals surface area contributed by atoms with E-state index in [1.165, 1.54) is 13.2 Å². The fourth-order valence-corrected chi connectivity index (χ4v) is 2.70. The molecule has 3 rings (SSSR count). The number of rotatable bonds is 5. The van der Waals surface area contributed by atoms with Gasteiger partial charge in [0, 0.05) is 18.1 Å². The van der Waals surface area contributed by atoms with E-state index in [2.05, 4.69) is 10.3 Å². The number of hydrogen-bond acceptors (Lipinski definition) is 3. The largest absolute Gasteiger partial charge is 0.372 e. The van der Waals surface area contributed by atoms with Crippen molar-refractivity contribution in [2.45, 2.75) is 12.5 Å². The number of aromatic nitrogens is 1. The Hall–Kier alpha value is -2.79. The number of carbonyl (C=O) groups is 1. The summed E-state index contributed by atoms with van der Waals surface area (Å²) in [6.45, 7) is 1.86. The van der Waals surface area contributed by atoms with Gasteiger partial charge in [-0.3, -0.25) is 4.79 Å². The van der Waals surface area contributed by atoms with Crippen molar-refractivity contribution in [3.05, 3.63) is 77.7 Å². The molecule has 0 bridgehead atoms. The van der Waals surface area contributed by atoms with E-state index in [1.807, 2.05) is 30.3 Å². The second kappa shape index (κ2) is 6.99. The highest BCUT2D eigenvalue weighted by atomic mass is 19.1. The molecule has 2 aromatic carbocycles. The summed E-state index contributed by atoms with van der Waals surface area (Å²) in [7, 11) is 1.49. The molecule has 0 aliphatic carbocycles. The van der Waals surface area contributed by atoms with E-state index in [0.717, 1.165) is 10.9 Å².